The largest absolute Gasteiger partial charge is 0.481 e. The highest BCUT2D eigenvalue weighted by Crippen LogP contribution is 2.24. The molecule has 4 nitrogen and oxygen atoms in total. The monoisotopic (exact) mass is 321 g/mol. The summed E-state index contributed by atoms with van der Waals surface area (Å²) in [5.41, 5.74) is 1.88. The maximum Gasteiger partial charge on any atom is 0.305 e. The van der Waals surface area contributed by atoms with E-state index in [9.17, 15) is 9.59 Å². The number of hydrogen-bond donors (Lipinski definition) is 1. The molecule has 0 radical (unpaired) electrons. The summed E-state index contributed by atoms with van der Waals surface area (Å²) in [5, 5.41) is 8.78. The van der Waals surface area contributed by atoms with Gasteiger partial charge < -0.3 is 10.0 Å². The first kappa shape index (κ1) is 18.3. The molecule has 0 unspecified atom stereocenters. The van der Waals surface area contributed by atoms with Crippen molar-refractivity contribution in [1.29, 1.82) is 0 Å². The number of carboxylic acid groups (broad SMARTS) is 1. The summed E-state index contributed by atoms with van der Waals surface area (Å²) in [4.78, 5) is 25.8. The van der Waals surface area contributed by atoms with E-state index in [0.29, 0.717) is 12.1 Å². The van der Waals surface area contributed by atoms with Crippen LogP contribution >= 0.6 is 11.8 Å². The lowest BCUT2D eigenvalue weighted by Crippen LogP contribution is -2.33. The van der Waals surface area contributed by atoms with E-state index in [1.54, 1.807) is 22.7 Å². The number of carbonyl (C=O) groups is 2. The number of thioether (sulfide) groups is 1. The van der Waals surface area contributed by atoms with E-state index >= 15 is 0 Å². The fourth-order valence-electron chi connectivity index (χ4n) is 1.87. The zero-order valence-electron chi connectivity index (χ0n) is 13.3. The van der Waals surface area contributed by atoms with Crippen molar-refractivity contribution in [2.75, 3.05) is 18.8 Å². The Labute approximate surface area is 136 Å². The Bertz CT molecular complexity index is 551. The van der Waals surface area contributed by atoms with Crippen molar-refractivity contribution in [3.05, 3.63) is 41.5 Å². The summed E-state index contributed by atoms with van der Waals surface area (Å²) in [6.45, 7) is 6.68. The van der Waals surface area contributed by atoms with Crippen LogP contribution in [0.5, 0.6) is 0 Å². The van der Waals surface area contributed by atoms with Gasteiger partial charge in [-0.3, -0.25) is 9.59 Å². The molecule has 0 spiro atoms. The first-order valence-corrected chi connectivity index (χ1v) is 8.30. The topological polar surface area (TPSA) is 57.6 Å². The van der Waals surface area contributed by atoms with E-state index in [1.807, 2.05) is 39.0 Å². The van der Waals surface area contributed by atoms with Gasteiger partial charge in [0, 0.05) is 23.7 Å². The Morgan fingerprint density at radius 2 is 1.95 bits per heavy atom. The molecule has 0 aliphatic heterocycles. The van der Waals surface area contributed by atoms with Crippen molar-refractivity contribution in [3.8, 4) is 0 Å². The number of carbonyl (C=O) groups excluding carboxylic acids is 1. The van der Waals surface area contributed by atoms with Crippen molar-refractivity contribution in [2.45, 2.75) is 32.1 Å². The third-order valence-electron chi connectivity index (χ3n) is 3.11. The molecule has 0 saturated heterocycles. The predicted octanol–water partition coefficient (Wildman–Crippen LogP) is 3.68. The quantitative estimate of drug-likeness (QED) is 0.586. The maximum atomic E-state index is 12.6. The van der Waals surface area contributed by atoms with Crippen LogP contribution < -0.4 is 0 Å². The Morgan fingerprint density at radius 1 is 1.27 bits per heavy atom. The molecule has 0 fully saturated rings. The zero-order valence-corrected chi connectivity index (χ0v) is 14.2. The number of carboxylic acids is 1. The number of allylic oxidation sites excluding steroid dienone is 1. The molecule has 120 valence electrons. The first-order valence-electron chi connectivity index (χ1n) is 7.32. The van der Waals surface area contributed by atoms with Gasteiger partial charge in [0.25, 0.3) is 5.91 Å². The molecule has 1 N–H and O–H groups in total. The second-order valence-corrected chi connectivity index (χ2v) is 6.18. The van der Waals surface area contributed by atoms with Crippen LogP contribution in [0.2, 0.25) is 0 Å². The van der Waals surface area contributed by atoms with Gasteiger partial charge in [0.05, 0.1) is 12.0 Å². The number of aliphatic carboxylic acids is 1. The molecule has 1 aromatic rings. The van der Waals surface area contributed by atoms with E-state index in [0.717, 1.165) is 10.6 Å². The summed E-state index contributed by atoms with van der Waals surface area (Å²) in [5.74, 6) is -0.185. The third kappa shape index (κ3) is 5.93. The number of amides is 1. The molecule has 0 atom stereocenters. The molecular weight excluding hydrogens is 298 g/mol. The SMILES string of the molecule is CCN(CCC(=O)O)C(=O)c1ccccc1SCC=C(C)C. The van der Waals surface area contributed by atoms with Crippen LogP contribution in [-0.2, 0) is 4.79 Å². The van der Waals surface area contributed by atoms with Crippen molar-refractivity contribution in [1.82, 2.24) is 4.90 Å². The molecule has 22 heavy (non-hydrogen) atoms. The van der Waals surface area contributed by atoms with Gasteiger partial charge >= 0.3 is 5.97 Å². The molecule has 0 aliphatic rings. The van der Waals surface area contributed by atoms with Crippen molar-refractivity contribution in [3.63, 3.8) is 0 Å². The third-order valence-corrected chi connectivity index (χ3v) is 4.11. The lowest BCUT2D eigenvalue weighted by atomic mass is 10.2. The lowest BCUT2D eigenvalue weighted by Gasteiger charge is -2.21. The molecular formula is C17H23NO3S. The summed E-state index contributed by atoms with van der Waals surface area (Å²) in [6.07, 6.45) is 2.08. The minimum Gasteiger partial charge on any atom is -0.481 e. The van der Waals surface area contributed by atoms with Gasteiger partial charge in [0.2, 0.25) is 0 Å². The van der Waals surface area contributed by atoms with Crippen molar-refractivity contribution in [2.24, 2.45) is 0 Å². The van der Waals surface area contributed by atoms with Gasteiger partial charge in [-0.25, -0.2) is 0 Å². The van der Waals surface area contributed by atoms with Gasteiger partial charge in [-0.2, -0.15) is 0 Å². The van der Waals surface area contributed by atoms with Gasteiger partial charge in [0.1, 0.15) is 0 Å². The molecule has 0 heterocycles. The number of hydrogen-bond acceptors (Lipinski definition) is 3. The number of benzene rings is 1. The lowest BCUT2D eigenvalue weighted by molar-refractivity contribution is -0.137. The van der Waals surface area contributed by atoms with Crippen LogP contribution in [-0.4, -0.2) is 40.7 Å². The Morgan fingerprint density at radius 3 is 2.55 bits per heavy atom. The van der Waals surface area contributed by atoms with Crippen LogP contribution in [0.4, 0.5) is 0 Å². The second kappa shape index (κ2) is 9.30. The molecule has 1 aromatic carbocycles. The number of rotatable bonds is 8. The summed E-state index contributed by atoms with van der Waals surface area (Å²) < 4.78 is 0. The summed E-state index contributed by atoms with van der Waals surface area (Å²) in [7, 11) is 0. The Balaban J connectivity index is 2.86. The standard InChI is InChI=1S/C17H23NO3S/c1-4-18(11-9-16(19)20)17(21)14-7-5-6-8-15(14)22-12-10-13(2)3/h5-8,10H,4,9,11-12H2,1-3H3,(H,19,20). The first-order chi connectivity index (χ1) is 10.5. The van der Waals surface area contributed by atoms with Gasteiger partial charge in [-0.05, 0) is 32.9 Å². The van der Waals surface area contributed by atoms with E-state index in [1.165, 1.54) is 5.57 Å². The molecule has 1 amide bonds. The van der Waals surface area contributed by atoms with E-state index in [2.05, 4.69) is 6.08 Å². The minimum absolute atomic E-state index is 0.0351. The summed E-state index contributed by atoms with van der Waals surface area (Å²) >= 11 is 1.62. The zero-order chi connectivity index (χ0) is 16.5. The molecule has 0 bridgehead atoms. The van der Waals surface area contributed by atoms with Crippen LogP contribution in [0.15, 0.2) is 40.8 Å². The van der Waals surface area contributed by atoms with Crippen LogP contribution in [0.25, 0.3) is 0 Å². The number of nitrogens with zero attached hydrogens (tertiary/aromatic N) is 1. The fraction of sp³-hybridized carbons (Fsp3) is 0.412. The van der Waals surface area contributed by atoms with Crippen LogP contribution in [0, 0.1) is 0 Å². The fourth-order valence-corrected chi connectivity index (χ4v) is 2.95. The highest BCUT2D eigenvalue weighted by atomic mass is 32.2. The van der Waals surface area contributed by atoms with Crippen molar-refractivity contribution < 1.29 is 14.7 Å². The Kier molecular flexibility index (Phi) is 7.74. The highest BCUT2D eigenvalue weighted by Gasteiger charge is 2.18. The predicted molar refractivity (Wildman–Crippen MR) is 90.4 cm³/mol. The van der Waals surface area contributed by atoms with Crippen molar-refractivity contribution >= 4 is 23.6 Å². The van der Waals surface area contributed by atoms with Gasteiger partial charge in [-0.1, -0.05) is 23.8 Å². The average molecular weight is 321 g/mol. The van der Waals surface area contributed by atoms with Gasteiger partial charge in [0.15, 0.2) is 0 Å². The van der Waals surface area contributed by atoms with Crippen LogP contribution in [0.3, 0.4) is 0 Å². The average Bonchev–Trinajstić information content (AvgIpc) is 2.47. The Hall–Kier alpha value is -1.75. The van der Waals surface area contributed by atoms with E-state index < -0.39 is 5.97 Å². The molecule has 0 aliphatic carbocycles. The maximum absolute atomic E-state index is 12.6. The van der Waals surface area contributed by atoms with E-state index in [4.69, 9.17) is 5.11 Å². The second-order valence-electron chi connectivity index (χ2n) is 5.12. The normalized spacial score (nSPS) is 10.1. The molecule has 0 saturated carbocycles. The molecule has 1 rings (SSSR count). The van der Waals surface area contributed by atoms with Crippen LogP contribution in [0.1, 0.15) is 37.6 Å². The highest BCUT2D eigenvalue weighted by molar-refractivity contribution is 7.99. The van der Waals surface area contributed by atoms with Gasteiger partial charge in [-0.15, -0.1) is 11.8 Å². The summed E-state index contributed by atoms with van der Waals surface area (Å²) in [6, 6.07) is 7.48. The molecule has 0 aromatic heterocycles. The van der Waals surface area contributed by atoms with E-state index in [-0.39, 0.29) is 18.9 Å². The smallest absolute Gasteiger partial charge is 0.305 e. The molecule has 5 heteroatoms. The minimum atomic E-state index is -0.891.